The highest BCUT2D eigenvalue weighted by molar-refractivity contribution is 7.71. The molecule has 1 aromatic heterocycles. The van der Waals surface area contributed by atoms with Gasteiger partial charge in [0.2, 0.25) is 0 Å². The molecule has 19 heavy (non-hydrogen) atoms. The lowest BCUT2D eigenvalue weighted by Crippen LogP contribution is -2.15. The number of nitrogens with zero attached hydrogens (tertiary/aromatic N) is 1. The van der Waals surface area contributed by atoms with Crippen LogP contribution in [0.5, 0.6) is 0 Å². The number of hydrogen-bond acceptors (Lipinski definition) is 1. The number of aromatic amines is 1. The number of aromatic nitrogens is 2. The van der Waals surface area contributed by atoms with E-state index in [2.05, 4.69) is 18.8 Å². The normalized spacial score (nSPS) is 27.3. The van der Waals surface area contributed by atoms with Crippen LogP contribution in [0.4, 0.5) is 8.78 Å². The van der Waals surface area contributed by atoms with Gasteiger partial charge < -0.3 is 9.55 Å². The van der Waals surface area contributed by atoms with Gasteiger partial charge in [0.25, 0.3) is 0 Å². The Bertz CT molecular complexity index is 689. The monoisotopic (exact) mass is 282 g/mol. The molecule has 1 aliphatic rings. The van der Waals surface area contributed by atoms with Crippen LogP contribution in [-0.4, -0.2) is 9.55 Å². The first kappa shape index (κ1) is 12.8. The Morgan fingerprint density at radius 3 is 2.63 bits per heavy atom. The Balaban J connectivity index is 2.26. The Hall–Kier alpha value is -1.23. The zero-order chi connectivity index (χ0) is 13.7. The Morgan fingerprint density at radius 1 is 1.26 bits per heavy atom. The second-order valence-electron chi connectivity index (χ2n) is 5.54. The standard InChI is InChI=1S/C14H16F2N2S/c1-7-3-6-11(8(7)2)18-13-10(17-14(18)19)5-4-9(15)12(13)16/h4-5,7-8,11H,3,6H2,1-2H3,(H,17,19). The lowest BCUT2D eigenvalue weighted by Gasteiger charge is -2.20. The molecule has 102 valence electrons. The van der Waals surface area contributed by atoms with E-state index in [4.69, 9.17) is 12.2 Å². The van der Waals surface area contributed by atoms with Crippen molar-refractivity contribution in [3.05, 3.63) is 28.5 Å². The average molecular weight is 282 g/mol. The second-order valence-corrected chi connectivity index (χ2v) is 5.93. The molecule has 3 atom stereocenters. The third-order valence-corrected chi connectivity index (χ3v) is 4.82. The van der Waals surface area contributed by atoms with E-state index in [1.807, 2.05) is 0 Å². The molecule has 1 saturated carbocycles. The van der Waals surface area contributed by atoms with E-state index in [9.17, 15) is 8.78 Å². The van der Waals surface area contributed by atoms with E-state index in [0.29, 0.717) is 22.1 Å². The Kier molecular flexibility index (Phi) is 2.96. The summed E-state index contributed by atoms with van der Waals surface area (Å²) < 4.78 is 29.8. The van der Waals surface area contributed by atoms with Crippen molar-refractivity contribution in [2.45, 2.75) is 32.7 Å². The van der Waals surface area contributed by atoms with Crippen LogP contribution >= 0.6 is 12.2 Å². The van der Waals surface area contributed by atoms with E-state index in [-0.39, 0.29) is 11.6 Å². The van der Waals surface area contributed by atoms with E-state index in [1.54, 1.807) is 10.6 Å². The van der Waals surface area contributed by atoms with Crippen molar-refractivity contribution in [2.75, 3.05) is 0 Å². The molecular formula is C14H16F2N2S. The highest BCUT2D eigenvalue weighted by atomic mass is 32.1. The summed E-state index contributed by atoms with van der Waals surface area (Å²) in [5.41, 5.74) is 0.839. The van der Waals surface area contributed by atoms with Crippen LogP contribution in [0.3, 0.4) is 0 Å². The van der Waals surface area contributed by atoms with Crippen LogP contribution in [0.2, 0.25) is 0 Å². The molecule has 0 spiro atoms. The fourth-order valence-electron chi connectivity index (χ4n) is 3.17. The van der Waals surface area contributed by atoms with Crippen LogP contribution in [0, 0.1) is 28.2 Å². The molecule has 2 aromatic rings. The quantitative estimate of drug-likeness (QED) is 0.759. The largest absolute Gasteiger partial charge is 0.330 e. The summed E-state index contributed by atoms with van der Waals surface area (Å²) in [6.07, 6.45) is 2.05. The maximum Gasteiger partial charge on any atom is 0.184 e. The first-order chi connectivity index (χ1) is 9.00. The number of hydrogen-bond donors (Lipinski definition) is 1. The molecule has 1 aliphatic carbocycles. The number of benzene rings is 1. The fraction of sp³-hybridized carbons (Fsp3) is 0.500. The van der Waals surface area contributed by atoms with Gasteiger partial charge in [-0.2, -0.15) is 0 Å². The highest BCUT2D eigenvalue weighted by Gasteiger charge is 2.33. The van der Waals surface area contributed by atoms with Crippen molar-refractivity contribution in [1.29, 1.82) is 0 Å². The molecule has 0 radical (unpaired) electrons. The van der Waals surface area contributed by atoms with Crippen LogP contribution in [0.25, 0.3) is 11.0 Å². The molecule has 0 amide bonds. The number of H-pyrrole nitrogens is 1. The van der Waals surface area contributed by atoms with E-state index >= 15 is 0 Å². The van der Waals surface area contributed by atoms with Crippen LogP contribution < -0.4 is 0 Å². The van der Waals surface area contributed by atoms with Crippen LogP contribution in [0.15, 0.2) is 12.1 Å². The predicted molar refractivity (Wildman–Crippen MR) is 73.6 cm³/mol. The van der Waals surface area contributed by atoms with Gasteiger partial charge in [-0.05, 0) is 49.0 Å². The maximum absolute atomic E-state index is 14.1. The lowest BCUT2D eigenvalue weighted by molar-refractivity contribution is 0.354. The van der Waals surface area contributed by atoms with Crippen molar-refractivity contribution >= 4 is 23.3 Å². The third kappa shape index (κ3) is 1.83. The number of imidazole rings is 1. The van der Waals surface area contributed by atoms with Gasteiger partial charge in [-0.1, -0.05) is 13.8 Å². The molecule has 1 N–H and O–H groups in total. The molecule has 1 heterocycles. The number of halogens is 2. The van der Waals surface area contributed by atoms with Crippen LogP contribution in [-0.2, 0) is 0 Å². The minimum Gasteiger partial charge on any atom is -0.330 e. The first-order valence-electron chi connectivity index (χ1n) is 6.59. The predicted octanol–water partition coefficient (Wildman–Crippen LogP) is 4.58. The molecule has 1 aromatic carbocycles. The molecule has 3 rings (SSSR count). The van der Waals surface area contributed by atoms with Crippen molar-refractivity contribution in [3.63, 3.8) is 0 Å². The summed E-state index contributed by atoms with van der Waals surface area (Å²) in [4.78, 5) is 2.98. The molecule has 0 bridgehead atoms. The third-order valence-electron chi connectivity index (χ3n) is 4.52. The van der Waals surface area contributed by atoms with Gasteiger partial charge in [0.1, 0.15) is 5.52 Å². The maximum atomic E-state index is 14.1. The van der Waals surface area contributed by atoms with E-state index in [1.165, 1.54) is 0 Å². The summed E-state index contributed by atoms with van der Waals surface area (Å²) in [6, 6.07) is 2.82. The molecule has 2 nitrogen and oxygen atoms in total. The van der Waals surface area contributed by atoms with E-state index < -0.39 is 11.6 Å². The zero-order valence-corrected chi connectivity index (χ0v) is 11.7. The van der Waals surface area contributed by atoms with Gasteiger partial charge >= 0.3 is 0 Å². The van der Waals surface area contributed by atoms with Gasteiger partial charge in [0, 0.05) is 6.04 Å². The molecule has 0 aliphatic heterocycles. The van der Waals surface area contributed by atoms with Crippen molar-refractivity contribution in [3.8, 4) is 0 Å². The lowest BCUT2D eigenvalue weighted by atomic mass is 9.97. The summed E-state index contributed by atoms with van der Waals surface area (Å²) in [5.74, 6) is -0.646. The van der Waals surface area contributed by atoms with E-state index in [0.717, 1.165) is 18.9 Å². The minimum atomic E-state index is -0.825. The molecule has 1 fully saturated rings. The Morgan fingerprint density at radius 2 is 2.00 bits per heavy atom. The Labute approximate surface area is 115 Å². The van der Waals surface area contributed by atoms with Gasteiger partial charge in [0.05, 0.1) is 5.52 Å². The summed E-state index contributed by atoms with van der Waals surface area (Å²) in [7, 11) is 0. The molecular weight excluding hydrogens is 266 g/mol. The summed E-state index contributed by atoms with van der Waals surface area (Å²) >= 11 is 5.30. The first-order valence-corrected chi connectivity index (χ1v) is 6.99. The van der Waals surface area contributed by atoms with Gasteiger partial charge in [-0.3, -0.25) is 0 Å². The molecule has 5 heteroatoms. The topological polar surface area (TPSA) is 20.7 Å². The SMILES string of the molecule is CC1CCC(n2c(=S)[nH]c3ccc(F)c(F)c32)C1C. The average Bonchev–Trinajstić information content (AvgIpc) is 2.86. The van der Waals surface area contributed by atoms with Crippen LogP contribution in [0.1, 0.15) is 32.7 Å². The second kappa shape index (κ2) is 4.40. The number of fused-ring (bicyclic) bond motifs is 1. The van der Waals surface area contributed by atoms with Crippen molar-refractivity contribution in [2.24, 2.45) is 11.8 Å². The smallest absolute Gasteiger partial charge is 0.184 e. The van der Waals surface area contributed by atoms with Crippen molar-refractivity contribution in [1.82, 2.24) is 9.55 Å². The molecule has 3 unspecified atom stereocenters. The minimum absolute atomic E-state index is 0.146. The summed E-state index contributed by atoms with van der Waals surface area (Å²) in [5, 5.41) is 0. The molecule has 0 saturated heterocycles. The van der Waals surface area contributed by atoms with Gasteiger partial charge in [-0.25, -0.2) is 8.78 Å². The van der Waals surface area contributed by atoms with Gasteiger partial charge in [-0.15, -0.1) is 0 Å². The summed E-state index contributed by atoms with van der Waals surface area (Å²) in [6.45, 7) is 4.35. The fourth-order valence-corrected chi connectivity index (χ4v) is 3.51. The highest BCUT2D eigenvalue weighted by Crippen LogP contribution is 2.41. The van der Waals surface area contributed by atoms with Crippen molar-refractivity contribution < 1.29 is 8.78 Å². The number of nitrogens with one attached hydrogen (secondary N) is 1. The van der Waals surface area contributed by atoms with Gasteiger partial charge in [0.15, 0.2) is 16.4 Å². The zero-order valence-electron chi connectivity index (χ0n) is 10.9. The number of rotatable bonds is 1.